The number of carboxylic acid groups (broad SMARTS) is 2. The van der Waals surface area contributed by atoms with Gasteiger partial charge in [0.25, 0.3) is 0 Å². The first-order chi connectivity index (χ1) is 16.0. The van der Waals surface area contributed by atoms with Crippen molar-refractivity contribution >= 4 is 33.7 Å². The third-order valence-electron chi connectivity index (χ3n) is 5.95. The second-order valence-corrected chi connectivity index (χ2v) is 8.27. The SMILES string of the molecule is CCCCCCCc1ccc(-c2cc(C(=O)O)c3cc4c(C(=O)O)ccnc4cc3n2)cc1. The number of benzene rings is 2. The molecule has 0 aliphatic carbocycles. The van der Waals surface area contributed by atoms with Gasteiger partial charge in [-0.15, -0.1) is 0 Å². The summed E-state index contributed by atoms with van der Waals surface area (Å²) in [5.74, 6) is -2.18. The maximum absolute atomic E-state index is 12.0. The van der Waals surface area contributed by atoms with Gasteiger partial charge in [-0.25, -0.2) is 14.6 Å². The molecule has 0 unspecified atom stereocenters. The van der Waals surface area contributed by atoms with E-state index >= 15 is 0 Å². The Morgan fingerprint density at radius 3 is 2.18 bits per heavy atom. The minimum absolute atomic E-state index is 0.0765. The van der Waals surface area contributed by atoms with Crippen LogP contribution in [0.3, 0.4) is 0 Å². The molecule has 0 fully saturated rings. The van der Waals surface area contributed by atoms with E-state index in [2.05, 4.69) is 29.0 Å². The highest BCUT2D eigenvalue weighted by Crippen LogP contribution is 2.29. The Morgan fingerprint density at radius 2 is 1.48 bits per heavy atom. The van der Waals surface area contributed by atoms with Crippen LogP contribution in [0.2, 0.25) is 0 Å². The molecule has 0 bridgehead atoms. The van der Waals surface area contributed by atoms with Crippen molar-refractivity contribution in [1.29, 1.82) is 0 Å². The van der Waals surface area contributed by atoms with Crippen LogP contribution >= 0.6 is 0 Å². The van der Waals surface area contributed by atoms with E-state index in [1.54, 1.807) is 18.2 Å². The van der Waals surface area contributed by atoms with Gasteiger partial charge in [-0.1, -0.05) is 56.9 Å². The average molecular weight is 443 g/mol. The smallest absolute Gasteiger partial charge is 0.336 e. The molecule has 6 nitrogen and oxygen atoms in total. The minimum Gasteiger partial charge on any atom is -0.478 e. The second kappa shape index (κ2) is 9.77. The fourth-order valence-corrected chi connectivity index (χ4v) is 4.15. The molecule has 0 atom stereocenters. The lowest BCUT2D eigenvalue weighted by Gasteiger charge is -2.10. The second-order valence-electron chi connectivity index (χ2n) is 8.27. The number of aryl methyl sites for hydroxylation is 1. The standard InChI is InChI=1S/C27H26N2O4/c1-2-3-4-5-6-7-17-8-10-18(11-9-17)23-15-22(27(32)33)21-14-20-19(26(30)31)12-13-28-24(20)16-25(21)29-23/h8-16H,2-7H2,1H3,(H,30,31)(H,32,33). The number of rotatable bonds is 9. The minimum atomic E-state index is -1.09. The third-order valence-corrected chi connectivity index (χ3v) is 5.95. The van der Waals surface area contributed by atoms with E-state index in [0.717, 1.165) is 18.4 Å². The van der Waals surface area contributed by atoms with Crippen LogP contribution in [0.15, 0.2) is 54.7 Å². The van der Waals surface area contributed by atoms with Crippen molar-refractivity contribution in [1.82, 2.24) is 9.97 Å². The highest BCUT2D eigenvalue weighted by Gasteiger charge is 2.17. The summed E-state index contributed by atoms with van der Waals surface area (Å²) in [6, 6.07) is 14.3. The van der Waals surface area contributed by atoms with Crippen LogP contribution in [0.25, 0.3) is 33.1 Å². The molecule has 0 radical (unpaired) electrons. The zero-order valence-corrected chi connectivity index (χ0v) is 18.5. The quantitative estimate of drug-likeness (QED) is 0.231. The summed E-state index contributed by atoms with van der Waals surface area (Å²) in [6.07, 6.45) is 8.63. The van der Waals surface area contributed by atoms with Gasteiger partial charge in [0.1, 0.15) is 0 Å². The van der Waals surface area contributed by atoms with E-state index in [1.165, 1.54) is 43.5 Å². The van der Waals surface area contributed by atoms with Gasteiger partial charge in [-0.3, -0.25) is 4.98 Å². The van der Waals surface area contributed by atoms with Gasteiger partial charge in [0.05, 0.1) is 27.9 Å². The Kier molecular flexibility index (Phi) is 6.63. The molecule has 6 heteroatoms. The van der Waals surface area contributed by atoms with Crippen molar-refractivity contribution in [3.05, 3.63) is 71.4 Å². The molecule has 4 aromatic rings. The first-order valence-corrected chi connectivity index (χ1v) is 11.3. The van der Waals surface area contributed by atoms with Gasteiger partial charge < -0.3 is 10.2 Å². The summed E-state index contributed by atoms with van der Waals surface area (Å²) < 4.78 is 0. The molecule has 2 aromatic carbocycles. The summed E-state index contributed by atoms with van der Waals surface area (Å²) in [5, 5.41) is 20.1. The molecule has 0 saturated carbocycles. The lowest BCUT2D eigenvalue weighted by Crippen LogP contribution is -2.02. The predicted octanol–water partition coefficient (Wildman–Crippen LogP) is 6.36. The first kappa shape index (κ1) is 22.4. The lowest BCUT2D eigenvalue weighted by atomic mass is 9.99. The summed E-state index contributed by atoms with van der Waals surface area (Å²) >= 11 is 0. The molecule has 4 rings (SSSR count). The van der Waals surface area contributed by atoms with E-state index in [9.17, 15) is 19.8 Å². The average Bonchev–Trinajstić information content (AvgIpc) is 2.81. The van der Waals surface area contributed by atoms with Gasteiger partial charge >= 0.3 is 11.9 Å². The fourth-order valence-electron chi connectivity index (χ4n) is 4.15. The summed E-state index contributed by atoms with van der Waals surface area (Å²) in [5.41, 5.74) is 3.73. The van der Waals surface area contributed by atoms with Crippen LogP contribution in [-0.4, -0.2) is 32.1 Å². The molecule has 2 aromatic heterocycles. The Morgan fingerprint density at radius 1 is 0.788 bits per heavy atom. The zero-order chi connectivity index (χ0) is 23.4. The number of carboxylic acids is 2. The topological polar surface area (TPSA) is 100 Å². The molecule has 2 N–H and O–H groups in total. The van der Waals surface area contributed by atoms with Crippen LogP contribution in [-0.2, 0) is 6.42 Å². The van der Waals surface area contributed by atoms with Crippen molar-refractivity contribution in [3.63, 3.8) is 0 Å². The molecular formula is C27H26N2O4. The normalized spacial score (nSPS) is 11.2. The maximum Gasteiger partial charge on any atom is 0.336 e. The molecule has 0 aliphatic rings. The highest BCUT2D eigenvalue weighted by molar-refractivity contribution is 6.11. The highest BCUT2D eigenvalue weighted by atomic mass is 16.4. The van der Waals surface area contributed by atoms with Gasteiger partial charge in [-0.05, 0) is 42.7 Å². The first-order valence-electron chi connectivity index (χ1n) is 11.3. The Balaban J connectivity index is 1.71. The zero-order valence-electron chi connectivity index (χ0n) is 18.5. The number of unbranched alkanes of at least 4 members (excludes halogenated alkanes) is 4. The summed E-state index contributed by atoms with van der Waals surface area (Å²) in [7, 11) is 0. The molecule has 33 heavy (non-hydrogen) atoms. The van der Waals surface area contributed by atoms with Gasteiger partial charge in [0, 0.05) is 22.5 Å². The summed E-state index contributed by atoms with van der Waals surface area (Å²) in [4.78, 5) is 32.6. The van der Waals surface area contributed by atoms with E-state index in [4.69, 9.17) is 0 Å². The Labute approximate surface area is 191 Å². The Hall–Kier alpha value is -3.80. The van der Waals surface area contributed by atoms with Crippen LogP contribution < -0.4 is 0 Å². The number of fused-ring (bicyclic) bond motifs is 2. The molecule has 0 saturated heterocycles. The fraction of sp³-hybridized carbons (Fsp3) is 0.259. The number of aromatic nitrogens is 2. The maximum atomic E-state index is 12.0. The molecule has 0 spiro atoms. The van der Waals surface area contributed by atoms with Gasteiger partial charge in [-0.2, -0.15) is 0 Å². The largest absolute Gasteiger partial charge is 0.478 e. The number of carbonyl (C=O) groups is 2. The number of pyridine rings is 2. The number of hydrogen-bond acceptors (Lipinski definition) is 4. The monoisotopic (exact) mass is 442 g/mol. The molecule has 0 amide bonds. The number of nitrogens with zero attached hydrogens (tertiary/aromatic N) is 2. The molecule has 168 valence electrons. The van der Waals surface area contributed by atoms with E-state index in [0.29, 0.717) is 27.5 Å². The van der Waals surface area contributed by atoms with Crippen molar-refractivity contribution in [2.24, 2.45) is 0 Å². The van der Waals surface area contributed by atoms with Gasteiger partial charge in [0.15, 0.2) is 0 Å². The lowest BCUT2D eigenvalue weighted by molar-refractivity contribution is 0.0688. The van der Waals surface area contributed by atoms with Crippen molar-refractivity contribution < 1.29 is 19.8 Å². The van der Waals surface area contributed by atoms with E-state index in [1.807, 2.05) is 12.1 Å². The van der Waals surface area contributed by atoms with Crippen LogP contribution in [0, 0.1) is 0 Å². The Bertz CT molecular complexity index is 1330. The van der Waals surface area contributed by atoms with Crippen molar-refractivity contribution in [3.8, 4) is 11.3 Å². The summed E-state index contributed by atoms with van der Waals surface area (Å²) in [6.45, 7) is 2.21. The van der Waals surface area contributed by atoms with Crippen LogP contribution in [0.5, 0.6) is 0 Å². The van der Waals surface area contributed by atoms with Gasteiger partial charge in [0.2, 0.25) is 0 Å². The molecular weight excluding hydrogens is 416 g/mol. The van der Waals surface area contributed by atoms with Crippen molar-refractivity contribution in [2.45, 2.75) is 45.4 Å². The molecule has 2 heterocycles. The van der Waals surface area contributed by atoms with E-state index in [-0.39, 0.29) is 11.1 Å². The van der Waals surface area contributed by atoms with Crippen molar-refractivity contribution in [2.75, 3.05) is 0 Å². The van der Waals surface area contributed by atoms with Crippen LogP contribution in [0.1, 0.15) is 65.3 Å². The van der Waals surface area contributed by atoms with E-state index < -0.39 is 11.9 Å². The van der Waals surface area contributed by atoms with Crippen LogP contribution in [0.4, 0.5) is 0 Å². The predicted molar refractivity (Wildman–Crippen MR) is 129 cm³/mol. The molecule has 0 aliphatic heterocycles. The number of aromatic carboxylic acids is 2. The number of hydrogen-bond donors (Lipinski definition) is 2. The third kappa shape index (κ3) is 4.85.